The number of methoxy groups -OCH3 is 3. The number of benzene rings is 1. The number of rotatable bonds is 7. The molecule has 1 saturated carbocycles. The second kappa shape index (κ2) is 8.56. The molecule has 0 saturated heterocycles. The van der Waals surface area contributed by atoms with Crippen molar-refractivity contribution in [2.75, 3.05) is 26.2 Å². The van der Waals surface area contributed by atoms with Gasteiger partial charge in [-0.1, -0.05) is 31.1 Å². The minimum Gasteiger partial charge on any atom is -0.493 e. The van der Waals surface area contributed by atoms with Gasteiger partial charge in [0.25, 0.3) is 0 Å². The monoisotopic (exact) mass is 391 g/mol. The highest BCUT2D eigenvalue weighted by molar-refractivity contribution is 7.18. The number of carbonyl (C=O) groups is 1. The first-order valence-electron chi connectivity index (χ1n) is 9.08. The van der Waals surface area contributed by atoms with E-state index in [-0.39, 0.29) is 11.9 Å². The van der Waals surface area contributed by atoms with Crippen molar-refractivity contribution in [1.82, 2.24) is 10.2 Å². The van der Waals surface area contributed by atoms with Gasteiger partial charge in [0.15, 0.2) is 11.5 Å². The van der Waals surface area contributed by atoms with Gasteiger partial charge < -0.3 is 14.2 Å². The van der Waals surface area contributed by atoms with Crippen LogP contribution in [0.4, 0.5) is 5.13 Å². The molecule has 27 heavy (non-hydrogen) atoms. The van der Waals surface area contributed by atoms with E-state index in [0.29, 0.717) is 33.8 Å². The summed E-state index contributed by atoms with van der Waals surface area (Å²) >= 11 is 1.41. The lowest BCUT2D eigenvalue weighted by molar-refractivity contribution is -0.118. The standard InChI is InChI=1S/C19H25N3O4S/c1-5-16(23)22(13-8-6-7-9-13)19-21-20-18(27-19)12-10-14(24-2)17(26-4)15(11-12)25-3/h10-11,13H,5-9H2,1-4H3. The molecule has 1 aliphatic rings. The predicted octanol–water partition coefficient (Wildman–Crippen LogP) is 3.92. The summed E-state index contributed by atoms with van der Waals surface area (Å²) < 4.78 is 16.2. The molecular weight excluding hydrogens is 366 g/mol. The number of amides is 1. The van der Waals surface area contributed by atoms with E-state index in [9.17, 15) is 4.79 Å². The van der Waals surface area contributed by atoms with Crippen molar-refractivity contribution in [3.63, 3.8) is 0 Å². The summed E-state index contributed by atoms with van der Waals surface area (Å²) in [4.78, 5) is 14.4. The van der Waals surface area contributed by atoms with Crippen LogP contribution in [0.3, 0.4) is 0 Å². The molecule has 7 nitrogen and oxygen atoms in total. The Hall–Kier alpha value is -2.35. The Labute approximate surface area is 163 Å². The molecule has 1 fully saturated rings. The van der Waals surface area contributed by atoms with Crippen molar-refractivity contribution in [3.05, 3.63) is 12.1 Å². The zero-order valence-electron chi connectivity index (χ0n) is 16.2. The van der Waals surface area contributed by atoms with Gasteiger partial charge in [-0.25, -0.2) is 0 Å². The fraction of sp³-hybridized carbons (Fsp3) is 0.526. The van der Waals surface area contributed by atoms with Crippen molar-refractivity contribution < 1.29 is 19.0 Å². The van der Waals surface area contributed by atoms with Crippen LogP contribution < -0.4 is 19.1 Å². The van der Waals surface area contributed by atoms with Gasteiger partial charge in [0.2, 0.25) is 16.8 Å². The van der Waals surface area contributed by atoms with Crippen molar-refractivity contribution in [2.45, 2.75) is 45.1 Å². The van der Waals surface area contributed by atoms with Gasteiger partial charge in [0, 0.05) is 18.0 Å². The van der Waals surface area contributed by atoms with Crippen LogP contribution in [0.1, 0.15) is 39.0 Å². The Morgan fingerprint density at radius 2 is 1.74 bits per heavy atom. The van der Waals surface area contributed by atoms with E-state index >= 15 is 0 Å². The summed E-state index contributed by atoms with van der Waals surface area (Å²) in [6, 6.07) is 3.90. The maximum Gasteiger partial charge on any atom is 0.228 e. The lowest BCUT2D eigenvalue weighted by Crippen LogP contribution is -2.38. The molecule has 8 heteroatoms. The molecule has 0 aliphatic heterocycles. The third-order valence-electron chi connectivity index (χ3n) is 4.79. The van der Waals surface area contributed by atoms with Gasteiger partial charge in [-0.2, -0.15) is 0 Å². The first-order chi connectivity index (χ1) is 13.1. The Morgan fingerprint density at radius 1 is 1.11 bits per heavy atom. The van der Waals surface area contributed by atoms with Crippen LogP contribution >= 0.6 is 11.3 Å². The maximum absolute atomic E-state index is 12.5. The van der Waals surface area contributed by atoms with Crippen LogP contribution in [-0.4, -0.2) is 43.5 Å². The number of ether oxygens (including phenoxy) is 3. The summed E-state index contributed by atoms with van der Waals surface area (Å²) in [7, 11) is 4.72. The van der Waals surface area contributed by atoms with Crippen LogP contribution in [0.25, 0.3) is 10.6 Å². The molecule has 0 radical (unpaired) electrons. The fourth-order valence-corrected chi connectivity index (χ4v) is 4.35. The molecular formula is C19H25N3O4S. The SMILES string of the molecule is CCC(=O)N(c1nnc(-c2cc(OC)c(OC)c(OC)c2)s1)C1CCCC1. The van der Waals surface area contributed by atoms with Crippen LogP contribution in [0.5, 0.6) is 17.2 Å². The second-order valence-electron chi connectivity index (χ2n) is 6.36. The van der Waals surface area contributed by atoms with Crippen molar-refractivity contribution >= 4 is 22.4 Å². The van der Waals surface area contributed by atoms with Gasteiger partial charge in [0.05, 0.1) is 21.3 Å². The predicted molar refractivity (Wildman–Crippen MR) is 105 cm³/mol. The Morgan fingerprint density at radius 3 is 2.26 bits per heavy atom. The summed E-state index contributed by atoms with van der Waals surface area (Å²) in [6.07, 6.45) is 4.79. The minimum absolute atomic E-state index is 0.0921. The molecule has 0 spiro atoms. The van der Waals surface area contributed by atoms with Gasteiger partial charge in [-0.05, 0) is 25.0 Å². The topological polar surface area (TPSA) is 73.8 Å². The summed E-state index contributed by atoms with van der Waals surface area (Å²) in [5.74, 6) is 1.73. The average Bonchev–Trinajstić information content (AvgIpc) is 3.39. The average molecular weight is 391 g/mol. The van der Waals surface area contributed by atoms with Gasteiger partial charge >= 0.3 is 0 Å². The Bertz CT molecular complexity index is 777. The Kier molecular flexibility index (Phi) is 6.15. The zero-order chi connectivity index (χ0) is 19.4. The smallest absolute Gasteiger partial charge is 0.228 e. The number of hydrogen-bond donors (Lipinski definition) is 0. The zero-order valence-corrected chi connectivity index (χ0v) is 17.0. The second-order valence-corrected chi connectivity index (χ2v) is 7.32. The molecule has 0 N–H and O–H groups in total. The van der Waals surface area contributed by atoms with E-state index in [1.165, 1.54) is 11.3 Å². The summed E-state index contributed by atoms with van der Waals surface area (Å²) in [5, 5.41) is 10.0. The van der Waals surface area contributed by atoms with Crippen LogP contribution in [-0.2, 0) is 4.79 Å². The first kappa shape index (κ1) is 19.4. The van der Waals surface area contributed by atoms with E-state index in [0.717, 1.165) is 31.2 Å². The molecule has 146 valence electrons. The molecule has 1 aromatic heterocycles. The number of aromatic nitrogens is 2. The lowest BCUT2D eigenvalue weighted by atomic mass is 10.2. The molecule has 2 aromatic rings. The van der Waals surface area contributed by atoms with E-state index in [1.54, 1.807) is 21.3 Å². The highest BCUT2D eigenvalue weighted by Gasteiger charge is 2.30. The third kappa shape index (κ3) is 3.85. The molecule has 0 atom stereocenters. The Balaban J connectivity index is 1.98. The first-order valence-corrected chi connectivity index (χ1v) is 9.90. The van der Waals surface area contributed by atoms with Gasteiger partial charge in [0.1, 0.15) is 5.01 Å². The molecule has 0 unspecified atom stereocenters. The molecule has 1 heterocycles. The van der Waals surface area contributed by atoms with Crippen molar-refractivity contribution in [1.29, 1.82) is 0 Å². The van der Waals surface area contributed by atoms with E-state index in [1.807, 2.05) is 24.0 Å². The van der Waals surface area contributed by atoms with E-state index in [2.05, 4.69) is 10.2 Å². The quantitative estimate of drug-likeness (QED) is 0.712. The van der Waals surface area contributed by atoms with Crippen molar-refractivity contribution in [3.8, 4) is 27.8 Å². The third-order valence-corrected chi connectivity index (χ3v) is 5.76. The molecule has 1 aliphatic carbocycles. The number of hydrogen-bond acceptors (Lipinski definition) is 7. The molecule has 1 aromatic carbocycles. The van der Waals surface area contributed by atoms with Crippen molar-refractivity contribution in [2.24, 2.45) is 0 Å². The number of carbonyl (C=O) groups excluding carboxylic acids is 1. The number of nitrogens with zero attached hydrogens (tertiary/aromatic N) is 3. The highest BCUT2D eigenvalue weighted by Crippen LogP contribution is 2.42. The van der Waals surface area contributed by atoms with Crippen LogP contribution in [0, 0.1) is 0 Å². The molecule has 3 rings (SSSR count). The number of anilines is 1. The molecule has 0 bridgehead atoms. The summed E-state index contributed by atoms with van der Waals surface area (Å²) in [6.45, 7) is 1.88. The van der Waals surface area contributed by atoms with Crippen LogP contribution in [0.15, 0.2) is 12.1 Å². The largest absolute Gasteiger partial charge is 0.493 e. The fourth-order valence-electron chi connectivity index (χ4n) is 3.43. The maximum atomic E-state index is 12.5. The normalized spacial score (nSPS) is 14.2. The van der Waals surface area contributed by atoms with Gasteiger partial charge in [-0.15, -0.1) is 10.2 Å². The molecule has 1 amide bonds. The van der Waals surface area contributed by atoms with E-state index < -0.39 is 0 Å². The minimum atomic E-state index is 0.0921. The van der Waals surface area contributed by atoms with Gasteiger partial charge in [-0.3, -0.25) is 9.69 Å². The van der Waals surface area contributed by atoms with E-state index in [4.69, 9.17) is 14.2 Å². The highest BCUT2D eigenvalue weighted by atomic mass is 32.1. The summed E-state index contributed by atoms with van der Waals surface area (Å²) in [5.41, 5.74) is 0.809. The van der Waals surface area contributed by atoms with Crippen LogP contribution in [0.2, 0.25) is 0 Å². The lowest BCUT2D eigenvalue weighted by Gasteiger charge is -2.25.